The summed E-state index contributed by atoms with van der Waals surface area (Å²) < 4.78 is 0. The van der Waals surface area contributed by atoms with Gasteiger partial charge in [-0.05, 0) is 36.6 Å². The number of nitrogens with two attached hydrogens (primary N) is 2. The van der Waals surface area contributed by atoms with Gasteiger partial charge in [-0.2, -0.15) is 0 Å². The number of primary amides is 1. The summed E-state index contributed by atoms with van der Waals surface area (Å²) in [6.07, 6.45) is 0.841. The van der Waals surface area contributed by atoms with E-state index in [1.54, 1.807) is 25.1 Å². The van der Waals surface area contributed by atoms with Crippen LogP contribution in [0.15, 0.2) is 18.2 Å². The molecule has 0 aromatic heterocycles. The lowest BCUT2D eigenvalue weighted by molar-refractivity contribution is -0.118. The molecule has 0 bridgehead atoms. The molecule has 0 aliphatic carbocycles. The number of hydrogen-bond donors (Lipinski definition) is 3. The molecule has 0 fully saturated rings. The lowest BCUT2D eigenvalue weighted by Crippen LogP contribution is -2.40. The van der Waals surface area contributed by atoms with Crippen LogP contribution in [0.2, 0.25) is 0 Å². The molecule has 5 heteroatoms. The van der Waals surface area contributed by atoms with Crippen LogP contribution in [0.25, 0.3) is 0 Å². The first-order valence-electron chi connectivity index (χ1n) is 6.33. The summed E-state index contributed by atoms with van der Waals surface area (Å²) in [6.45, 7) is 5.73. The van der Waals surface area contributed by atoms with Crippen LogP contribution in [0.1, 0.15) is 36.2 Å². The Morgan fingerprint density at radius 2 is 2.00 bits per heavy atom. The monoisotopic (exact) mass is 263 g/mol. The Labute approximate surface area is 113 Å². The minimum atomic E-state index is -0.541. The van der Waals surface area contributed by atoms with Gasteiger partial charge in [0.1, 0.15) is 0 Å². The summed E-state index contributed by atoms with van der Waals surface area (Å²) in [6, 6.07) is 4.35. The molecule has 1 aromatic carbocycles. The maximum absolute atomic E-state index is 12.0. The van der Waals surface area contributed by atoms with E-state index in [0.29, 0.717) is 11.3 Å². The third-order valence-corrected chi connectivity index (χ3v) is 3.33. The van der Waals surface area contributed by atoms with Crippen molar-refractivity contribution in [2.75, 3.05) is 5.32 Å². The zero-order valence-electron chi connectivity index (χ0n) is 11.6. The Morgan fingerprint density at radius 1 is 1.37 bits per heavy atom. The van der Waals surface area contributed by atoms with Gasteiger partial charge in [0.2, 0.25) is 11.8 Å². The molecule has 2 unspecified atom stereocenters. The molecular formula is C14H21N3O2. The molecule has 19 heavy (non-hydrogen) atoms. The average Bonchev–Trinajstić information content (AvgIpc) is 2.38. The largest absolute Gasteiger partial charge is 0.366 e. The van der Waals surface area contributed by atoms with Gasteiger partial charge in [0, 0.05) is 11.3 Å². The number of benzene rings is 1. The lowest BCUT2D eigenvalue weighted by atomic mass is 9.99. The highest BCUT2D eigenvalue weighted by molar-refractivity contribution is 5.97. The number of anilines is 1. The molecule has 0 saturated carbocycles. The molecular weight excluding hydrogens is 242 g/mol. The van der Waals surface area contributed by atoms with Gasteiger partial charge in [0.15, 0.2) is 0 Å². The number of carbonyl (C=O) groups is 2. The van der Waals surface area contributed by atoms with E-state index < -0.39 is 11.9 Å². The van der Waals surface area contributed by atoms with E-state index in [0.717, 1.165) is 12.0 Å². The molecule has 0 heterocycles. The van der Waals surface area contributed by atoms with Crippen molar-refractivity contribution in [3.8, 4) is 0 Å². The fourth-order valence-corrected chi connectivity index (χ4v) is 1.69. The van der Waals surface area contributed by atoms with Crippen LogP contribution < -0.4 is 16.8 Å². The van der Waals surface area contributed by atoms with E-state index in [4.69, 9.17) is 11.5 Å². The Kier molecular flexibility index (Phi) is 5.06. The molecule has 2 amide bonds. The highest BCUT2D eigenvalue weighted by Crippen LogP contribution is 2.17. The number of nitrogens with one attached hydrogen (secondary N) is 1. The van der Waals surface area contributed by atoms with Crippen LogP contribution in [-0.4, -0.2) is 17.9 Å². The van der Waals surface area contributed by atoms with Crippen LogP contribution in [-0.2, 0) is 4.79 Å². The number of amides is 2. The zero-order valence-corrected chi connectivity index (χ0v) is 11.6. The molecule has 0 aliphatic rings. The molecule has 2 atom stereocenters. The summed E-state index contributed by atoms with van der Waals surface area (Å²) in [7, 11) is 0. The van der Waals surface area contributed by atoms with Gasteiger partial charge < -0.3 is 16.8 Å². The van der Waals surface area contributed by atoms with Crippen molar-refractivity contribution in [3.05, 3.63) is 29.3 Å². The quantitative estimate of drug-likeness (QED) is 0.749. The fraction of sp³-hybridized carbons (Fsp3) is 0.429. The van der Waals surface area contributed by atoms with Crippen LogP contribution >= 0.6 is 0 Å². The number of carbonyl (C=O) groups excluding carboxylic acids is 2. The van der Waals surface area contributed by atoms with E-state index >= 15 is 0 Å². The maximum atomic E-state index is 12.0. The summed E-state index contributed by atoms with van der Waals surface area (Å²) >= 11 is 0. The van der Waals surface area contributed by atoms with Crippen LogP contribution in [0, 0.1) is 12.8 Å². The summed E-state index contributed by atoms with van der Waals surface area (Å²) in [4.78, 5) is 23.0. The van der Waals surface area contributed by atoms with E-state index in [1.165, 1.54) is 0 Å². The second-order valence-corrected chi connectivity index (χ2v) is 4.79. The molecule has 5 N–H and O–H groups in total. The van der Waals surface area contributed by atoms with Gasteiger partial charge in [0.25, 0.3) is 0 Å². The normalized spacial score (nSPS) is 13.7. The first kappa shape index (κ1) is 15.2. The van der Waals surface area contributed by atoms with E-state index in [-0.39, 0.29) is 11.8 Å². The average molecular weight is 263 g/mol. The maximum Gasteiger partial charge on any atom is 0.248 e. The smallest absolute Gasteiger partial charge is 0.248 e. The Bertz CT molecular complexity index is 486. The molecule has 1 rings (SSSR count). The van der Waals surface area contributed by atoms with Crippen molar-refractivity contribution in [3.63, 3.8) is 0 Å². The van der Waals surface area contributed by atoms with Crippen molar-refractivity contribution in [2.24, 2.45) is 17.4 Å². The summed E-state index contributed by atoms with van der Waals surface area (Å²) in [5.41, 5.74) is 12.9. The highest BCUT2D eigenvalue weighted by Gasteiger charge is 2.20. The van der Waals surface area contributed by atoms with Gasteiger partial charge in [0.05, 0.1) is 6.04 Å². The van der Waals surface area contributed by atoms with Crippen molar-refractivity contribution < 1.29 is 9.59 Å². The summed E-state index contributed by atoms with van der Waals surface area (Å²) in [5.74, 6) is -0.591. The minimum absolute atomic E-state index is 0.116. The van der Waals surface area contributed by atoms with Gasteiger partial charge in [-0.15, -0.1) is 0 Å². The molecule has 1 aromatic rings. The number of aryl methyl sites for hydroxylation is 1. The Hall–Kier alpha value is -1.88. The van der Waals surface area contributed by atoms with Crippen LogP contribution in [0.4, 0.5) is 5.69 Å². The fourth-order valence-electron chi connectivity index (χ4n) is 1.69. The topological polar surface area (TPSA) is 98.2 Å². The second kappa shape index (κ2) is 6.33. The second-order valence-electron chi connectivity index (χ2n) is 4.79. The minimum Gasteiger partial charge on any atom is -0.366 e. The predicted molar refractivity (Wildman–Crippen MR) is 75.8 cm³/mol. The first-order chi connectivity index (χ1) is 8.86. The number of hydrogen-bond acceptors (Lipinski definition) is 3. The molecule has 5 nitrogen and oxygen atoms in total. The van der Waals surface area contributed by atoms with E-state index in [9.17, 15) is 9.59 Å². The summed E-state index contributed by atoms with van der Waals surface area (Å²) in [5, 5.41) is 2.78. The van der Waals surface area contributed by atoms with Crippen molar-refractivity contribution in [1.82, 2.24) is 0 Å². The third-order valence-electron chi connectivity index (χ3n) is 3.33. The highest BCUT2D eigenvalue weighted by atomic mass is 16.2. The van der Waals surface area contributed by atoms with Gasteiger partial charge in [-0.3, -0.25) is 9.59 Å². The third kappa shape index (κ3) is 3.79. The van der Waals surface area contributed by atoms with Gasteiger partial charge >= 0.3 is 0 Å². The molecule has 0 radical (unpaired) electrons. The molecule has 0 saturated heterocycles. The zero-order chi connectivity index (χ0) is 14.6. The van der Waals surface area contributed by atoms with Crippen molar-refractivity contribution in [2.45, 2.75) is 33.2 Å². The number of rotatable bonds is 5. The Morgan fingerprint density at radius 3 is 2.47 bits per heavy atom. The van der Waals surface area contributed by atoms with Gasteiger partial charge in [-0.1, -0.05) is 20.3 Å². The van der Waals surface area contributed by atoms with Crippen LogP contribution in [0.5, 0.6) is 0 Å². The predicted octanol–water partition coefficient (Wildman–Crippen LogP) is 1.41. The van der Waals surface area contributed by atoms with E-state index in [1.807, 2.05) is 13.8 Å². The SMILES string of the molecule is CCC(C)C(N)C(=O)Nc1ccc(C(N)=O)cc1C. The molecule has 0 spiro atoms. The van der Waals surface area contributed by atoms with Gasteiger partial charge in [-0.25, -0.2) is 0 Å². The Balaban J connectivity index is 2.83. The van der Waals surface area contributed by atoms with E-state index in [2.05, 4.69) is 5.32 Å². The standard InChI is InChI=1S/C14H21N3O2/c1-4-8(2)12(15)14(19)17-11-6-5-10(13(16)18)7-9(11)3/h5-8,12H,4,15H2,1-3H3,(H2,16,18)(H,17,19). The molecule has 104 valence electrons. The first-order valence-corrected chi connectivity index (χ1v) is 6.33. The van der Waals surface area contributed by atoms with Crippen LogP contribution in [0.3, 0.4) is 0 Å². The van der Waals surface area contributed by atoms with Crippen molar-refractivity contribution in [1.29, 1.82) is 0 Å². The lowest BCUT2D eigenvalue weighted by Gasteiger charge is -2.18. The van der Waals surface area contributed by atoms with Crippen molar-refractivity contribution >= 4 is 17.5 Å². The molecule has 0 aliphatic heterocycles.